The highest BCUT2D eigenvalue weighted by Gasteiger charge is 2.20. The van der Waals surface area contributed by atoms with Crippen LogP contribution in [0.3, 0.4) is 0 Å². The molecule has 1 heterocycles. The Balaban J connectivity index is 2.06. The van der Waals surface area contributed by atoms with Crippen molar-refractivity contribution in [2.75, 3.05) is 18.6 Å². The Morgan fingerprint density at radius 3 is 2.89 bits per heavy atom. The molecule has 1 aromatic carbocycles. The second-order valence-electron chi connectivity index (χ2n) is 4.94. The number of thiocarbonyl (C=S) groups is 1. The third kappa shape index (κ3) is 3.25. The van der Waals surface area contributed by atoms with Gasteiger partial charge in [-0.1, -0.05) is 24.4 Å². The van der Waals surface area contributed by atoms with E-state index < -0.39 is 0 Å². The highest BCUT2D eigenvalue weighted by Crippen LogP contribution is 2.23. The molecule has 1 aromatic rings. The van der Waals surface area contributed by atoms with Crippen molar-refractivity contribution in [2.45, 2.75) is 25.9 Å². The van der Waals surface area contributed by atoms with Gasteiger partial charge in [-0.3, -0.25) is 4.90 Å². The standard InChI is InChI=1S/C14H20N2S2/c1-10-7-11(14(15)17)3-4-12(10)8-16(2)13-5-6-18-9-13/h3-4,7,13H,5-6,8-9H2,1-2H3,(H2,15,17). The molecule has 0 amide bonds. The first-order valence-corrected chi connectivity index (χ1v) is 7.81. The Morgan fingerprint density at radius 2 is 2.33 bits per heavy atom. The average Bonchev–Trinajstić information content (AvgIpc) is 2.85. The van der Waals surface area contributed by atoms with E-state index in [1.807, 2.05) is 6.07 Å². The van der Waals surface area contributed by atoms with Crippen molar-refractivity contribution < 1.29 is 0 Å². The van der Waals surface area contributed by atoms with E-state index in [0.717, 1.165) is 18.2 Å². The molecule has 0 bridgehead atoms. The summed E-state index contributed by atoms with van der Waals surface area (Å²) >= 11 is 7.06. The van der Waals surface area contributed by atoms with E-state index in [-0.39, 0.29) is 0 Å². The number of hydrogen-bond donors (Lipinski definition) is 1. The topological polar surface area (TPSA) is 29.3 Å². The zero-order valence-corrected chi connectivity index (χ0v) is 12.6. The average molecular weight is 280 g/mol. The van der Waals surface area contributed by atoms with E-state index >= 15 is 0 Å². The SMILES string of the molecule is Cc1cc(C(N)=S)ccc1CN(C)C1CCSC1. The van der Waals surface area contributed by atoms with Crippen LogP contribution in [0.2, 0.25) is 0 Å². The summed E-state index contributed by atoms with van der Waals surface area (Å²) in [5.74, 6) is 2.56. The molecule has 0 radical (unpaired) electrons. The lowest BCUT2D eigenvalue weighted by molar-refractivity contribution is 0.254. The van der Waals surface area contributed by atoms with E-state index in [4.69, 9.17) is 18.0 Å². The molecule has 1 atom stereocenters. The van der Waals surface area contributed by atoms with Crippen molar-refractivity contribution >= 4 is 29.0 Å². The molecule has 1 unspecified atom stereocenters. The quantitative estimate of drug-likeness (QED) is 0.858. The molecule has 1 aliphatic rings. The van der Waals surface area contributed by atoms with Crippen LogP contribution in [0.5, 0.6) is 0 Å². The van der Waals surface area contributed by atoms with Crippen LogP contribution in [0.25, 0.3) is 0 Å². The first-order chi connectivity index (χ1) is 8.58. The Labute approximate surface area is 119 Å². The third-order valence-corrected chi connectivity index (χ3v) is 4.96. The number of hydrogen-bond acceptors (Lipinski definition) is 3. The Bertz CT molecular complexity index is 439. The van der Waals surface area contributed by atoms with Crippen LogP contribution in [-0.2, 0) is 6.54 Å². The monoisotopic (exact) mass is 280 g/mol. The molecule has 1 saturated heterocycles. The van der Waals surface area contributed by atoms with Crippen molar-refractivity contribution in [1.29, 1.82) is 0 Å². The zero-order chi connectivity index (χ0) is 13.1. The highest BCUT2D eigenvalue weighted by molar-refractivity contribution is 7.99. The number of nitrogens with two attached hydrogens (primary N) is 1. The van der Waals surface area contributed by atoms with Gasteiger partial charge in [0.1, 0.15) is 4.99 Å². The summed E-state index contributed by atoms with van der Waals surface area (Å²) in [5, 5.41) is 0. The van der Waals surface area contributed by atoms with Gasteiger partial charge in [-0.05, 0) is 43.3 Å². The Hall–Kier alpha value is -0.580. The molecular formula is C14H20N2S2. The van der Waals surface area contributed by atoms with Gasteiger partial charge in [0, 0.05) is 23.9 Å². The van der Waals surface area contributed by atoms with E-state index in [9.17, 15) is 0 Å². The first kappa shape index (κ1) is 13.8. The summed E-state index contributed by atoms with van der Waals surface area (Å²) in [6, 6.07) is 7.00. The maximum atomic E-state index is 5.65. The van der Waals surface area contributed by atoms with Gasteiger partial charge in [-0.25, -0.2) is 0 Å². The van der Waals surface area contributed by atoms with Crippen molar-refractivity contribution in [2.24, 2.45) is 5.73 Å². The smallest absolute Gasteiger partial charge is 0.103 e. The second-order valence-corrected chi connectivity index (χ2v) is 6.53. The number of thioether (sulfide) groups is 1. The van der Waals surface area contributed by atoms with E-state index in [2.05, 4.69) is 42.8 Å². The predicted molar refractivity (Wildman–Crippen MR) is 84.3 cm³/mol. The molecule has 2 rings (SSSR count). The molecule has 0 aliphatic carbocycles. The summed E-state index contributed by atoms with van der Waals surface area (Å²) in [5.41, 5.74) is 9.26. The number of aryl methyl sites for hydroxylation is 1. The minimum absolute atomic E-state index is 0.477. The van der Waals surface area contributed by atoms with E-state index in [1.54, 1.807) is 0 Å². The molecule has 0 saturated carbocycles. The molecule has 1 fully saturated rings. The van der Waals surface area contributed by atoms with Gasteiger partial charge in [0.05, 0.1) is 0 Å². The molecule has 0 aromatic heterocycles. The van der Waals surface area contributed by atoms with Gasteiger partial charge in [-0.15, -0.1) is 0 Å². The lowest BCUT2D eigenvalue weighted by Gasteiger charge is -2.24. The lowest BCUT2D eigenvalue weighted by atomic mass is 10.0. The van der Waals surface area contributed by atoms with Crippen LogP contribution < -0.4 is 5.73 Å². The summed E-state index contributed by atoms with van der Waals surface area (Å²) in [6.45, 7) is 3.14. The molecular weight excluding hydrogens is 260 g/mol. The van der Waals surface area contributed by atoms with Gasteiger partial charge in [-0.2, -0.15) is 11.8 Å². The van der Waals surface area contributed by atoms with Gasteiger partial charge in [0.15, 0.2) is 0 Å². The predicted octanol–water partition coefficient (Wildman–Crippen LogP) is 2.57. The van der Waals surface area contributed by atoms with Crippen LogP contribution in [-0.4, -0.2) is 34.5 Å². The Kier molecular flexibility index (Phi) is 4.65. The summed E-state index contributed by atoms with van der Waals surface area (Å²) in [6.07, 6.45) is 1.31. The van der Waals surface area contributed by atoms with Gasteiger partial charge >= 0.3 is 0 Å². The molecule has 2 nitrogen and oxygen atoms in total. The maximum absolute atomic E-state index is 5.65. The fourth-order valence-electron chi connectivity index (χ4n) is 2.29. The molecule has 2 N–H and O–H groups in total. The van der Waals surface area contributed by atoms with Crippen molar-refractivity contribution in [1.82, 2.24) is 4.90 Å². The zero-order valence-electron chi connectivity index (χ0n) is 11.0. The number of benzene rings is 1. The van der Waals surface area contributed by atoms with Crippen LogP contribution in [0.15, 0.2) is 18.2 Å². The third-order valence-electron chi connectivity index (χ3n) is 3.58. The number of nitrogens with zero attached hydrogens (tertiary/aromatic N) is 1. The highest BCUT2D eigenvalue weighted by atomic mass is 32.2. The molecule has 0 spiro atoms. The fourth-order valence-corrected chi connectivity index (χ4v) is 3.72. The Morgan fingerprint density at radius 1 is 1.56 bits per heavy atom. The molecule has 1 aliphatic heterocycles. The molecule has 98 valence electrons. The summed E-state index contributed by atoms with van der Waals surface area (Å²) in [4.78, 5) is 2.94. The summed E-state index contributed by atoms with van der Waals surface area (Å²) in [7, 11) is 2.22. The second kappa shape index (κ2) is 6.04. The van der Waals surface area contributed by atoms with E-state index in [0.29, 0.717) is 4.99 Å². The van der Waals surface area contributed by atoms with Crippen LogP contribution in [0.4, 0.5) is 0 Å². The molecule has 18 heavy (non-hydrogen) atoms. The first-order valence-electron chi connectivity index (χ1n) is 6.25. The van der Waals surface area contributed by atoms with Gasteiger partial charge in [0.25, 0.3) is 0 Å². The van der Waals surface area contributed by atoms with Gasteiger partial charge < -0.3 is 5.73 Å². The maximum Gasteiger partial charge on any atom is 0.103 e. The fraction of sp³-hybridized carbons (Fsp3) is 0.500. The largest absolute Gasteiger partial charge is 0.389 e. The number of rotatable bonds is 4. The van der Waals surface area contributed by atoms with Crippen LogP contribution >= 0.6 is 24.0 Å². The normalized spacial score (nSPS) is 19.4. The minimum atomic E-state index is 0.477. The molecule has 4 heteroatoms. The van der Waals surface area contributed by atoms with Crippen molar-refractivity contribution in [3.63, 3.8) is 0 Å². The lowest BCUT2D eigenvalue weighted by Crippen LogP contribution is -2.31. The van der Waals surface area contributed by atoms with Crippen molar-refractivity contribution in [3.8, 4) is 0 Å². The summed E-state index contributed by atoms with van der Waals surface area (Å²) < 4.78 is 0. The van der Waals surface area contributed by atoms with Gasteiger partial charge in [0.2, 0.25) is 0 Å². The van der Waals surface area contributed by atoms with Crippen LogP contribution in [0, 0.1) is 6.92 Å². The van der Waals surface area contributed by atoms with E-state index in [1.165, 1.54) is 29.1 Å². The van der Waals surface area contributed by atoms with Crippen LogP contribution in [0.1, 0.15) is 23.1 Å². The minimum Gasteiger partial charge on any atom is -0.389 e. The van der Waals surface area contributed by atoms with Crippen molar-refractivity contribution in [3.05, 3.63) is 34.9 Å².